The van der Waals surface area contributed by atoms with Crippen molar-refractivity contribution in [3.8, 4) is 22.5 Å². The average Bonchev–Trinajstić information content (AvgIpc) is 3.29. The summed E-state index contributed by atoms with van der Waals surface area (Å²) < 4.78 is 2.14. The monoisotopic (exact) mass is 456 g/mol. The molecular formula is C29H24N6. The van der Waals surface area contributed by atoms with Gasteiger partial charge in [-0.3, -0.25) is 9.97 Å². The quantitative estimate of drug-likeness (QED) is 0.338. The molecule has 0 amide bonds. The van der Waals surface area contributed by atoms with Crippen LogP contribution in [0.1, 0.15) is 5.69 Å². The number of fused-ring (bicyclic) bond motifs is 2. The standard InChI is InChI=1S/C29H24N6/c1-35-16-12-22-17-20(8-10-27(22)35)21-7-9-26-25(18-21)29(32-15-11-24-6-2-3-14-31-24)34-28(33-26)23-5-4-13-30-19-23/h2-10,12-14,16-19H,11,15H2,1H3,(H,32,33,34). The van der Waals surface area contributed by atoms with E-state index in [9.17, 15) is 0 Å². The molecule has 35 heavy (non-hydrogen) atoms. The van der Waals surface area contributed by atoms with E-state index in [4.69, 9.17) is 9.97 Å². The number of rotatable bonds is 6. The minimum absolute atomic E-state index is 0.657. The van der Waals surface area contributed by atoms with Gasteiger partial charge in [0.1, 0.15) is 5.82 Å². The van der Waals surface area contributed by atoms with Gasteiger partial charge in [-0.2, -0.15) is 0 Å². The van der Waals surface area contributed by atoms with Crippen LogP contribution in [0.5, 0.6) is 0 Å². The Hall–Kier alpha value is -4.58. The Balaban J connectivity index is 1.41. The number of hydrogen-bond acceptors (Lipinski definition) is 5. The number of aryl methyl sites for hydroxylation is 1. The minimum Gasteiger partial charge on any atom is -0.369 e. The third kappa shape index (κ3) is 4.22. The minimum atomic E-state index is 0.657. The van der Waals surface area contributed by atoms with E-state index in [1.165, 1.54) is 16.5 Å². The van der Waals surface area contributed by atoms with Crippen molar-refractivity contribution in [1.82, 2.24) is 24.5 Å². The number of anilines is 1. The maximum Gasteiger partial charge on any atom is 0.163 e. The van der Waals surface area contributed by atoms with Crippen molar-refractivity contribution in [2.75, 3.05) is 11.9 Å². The molecule has 0 bridgehead atoms. The Bertz CT molecular complexity index is 1620. The zero-order valence-corrected chi connectivity index (χ0v) is 19.4. The van der Waals surface area contributed by atoms with E-state index in [1.807, 2.05) is 36.5 Å². The number of hydrogen-bond donors (Lipinski definition) is 1. The highest BCUT2D eigenvalue weighted by atomic mass is 15.0. The SMILES string of the molecule is Cn1ccc2cc(-c3ccc4nc(-c5cccnc5)nc(NCCc5ccccn5)c4c3)ccc21. The van der Waals surface area contributed by atoms with E-state index in [0.717, 1.165) is 46.5 Å². The van der Waals surface area contributed by atoms with E-state index in [1.54, 1.807) is 12.4 Å². The summed E-state index contributed by atoms with van der Waals surface area (Å²) in [6.07, 6.45) is 8.27. The predicted octanol–water partition coefficient (Wildman–Crippen LogP) is 5.90. The topological polar surface area (TPSA) is 68.5 Å². The Morgan fingerprint density at radius 2 is 1.74 bits per heavy atom. The van der Waals surface area contributed by atoms with E-state index >= 15 is 0 Å². The zero-order chi connectivity index (χ0) is 23.6. The number of nitrogens with zero attached hydrogens (tertiary/aromatic N) is 5. The van der Waals surface area contributed by atoms with Crippen LogP contribution in [0.25, 0.3) is 44.3 Å². The van der Waals surface area contributed by atoms with Crippen LogP contribution in [0, 0.1) is 0 Å². The van der Waals surface area contributed by atoms with Gasteiger partial charge in [-0.15, -0.1) is 0 Å². The van der Waals surface area contributed by atoms with Crippen LogP contribution in [0.3, 0.4) is 0 Å². The van der Waals surface area contributed by atoms with Crippen LogP contribution in [0.4, 0.5) is 5.82 Å². The highest BCUT2D eigenvalue weighted by molar-refractivity contribution is 5.95. The molecule has 0 radical (unpaired) electrons. The normalized spacial score (nSPS) is 11.2. The molecule has 4 heterocycles. The largest absolute Gasteiger partial charge is 0.369 e. The van der Waals surface area contributed by atoms with Gasteiger partial charge >= 0.3 is 0 Å². The van der Waals surface area contributed by atoms with Crippen molar-refractivity contribution >= 4 is 27.6 Å². The Morgan fingerprint density at radius 3 is 2.60 bits per heavy atom. The second-order valence-electron chi connectivity index (χ2n) is 8.57. The van der Waals surface area contributed by atoms with Crippen LogP contribution in [0.2, 0.25) is 0 Å². The van der Waals surface area contributed by atoms with Gasteiger partial charge < -0.3 is 9.88 Å². The van der Waals surface area contributed by atoms with Crippen LogP contribution < -0.4 is 5.32 Å². The molecule has 1 N–H and O–H groups in total. The number of pyridine rings is 2. The summed E-state index contributed by atoms with van der Waals surface area (Å²) in [5.74, 6) is 1.47. The highest BCUT2D eigenvalue weighted by Gasteiger charge is 2.12. The van der Waals surface area contributed by atoms with Gasteiger partial charge in [-0.05, 0) is 65.7 Å². The maximum absolute atomic E-state index is 4.90. The molecular weight excluding hydrogens is 432 g/mol. The molecule has 6 nitrogen and oxygen atoms in total. The third-order valence-electron chi connectivity index (χ3n) is 6.23. The zero-order valence-electron chi connectivity index (χ0n) is 19.4. The maximum atomic E-state index is 4.90. The molecule has 0 unspecified atom stereocenters. The van der Waals surface area contributed by atoms with E-state index in [-0.39, 0.29) is 0 Å². The smallest absolute Gasteiger partial charge is 0.163 e. The second kappa shape index (κ2) is 8.99. The molecule has 0 aliphatic heterocycles. The van der Waals surface area contributed by atoms with Crippen molar-refractivity contribution in [3.05, 3.63) is 103 Å². The molecule has 0 atom stereocenters. The molecule has 0 aliphatic carbocycles. The first kappa shape index (κ1) is 21.0. The second-order valence-corrected chi connectivity index (χ2v) is 8.57. The summed E-state index contributed by atoms with van der Waals surface area (Å²) in [5, 5.41) is 5.76. The molecule has 6 rings (SSSR count). The highest BCUT2D eigenvalue weighted by Crippen LogP contribution is 2.31. The fraction of sp³-hybridized carbons (Fsp3) is 0.103. The van der Waals surface area contributed by atoms with Crippen molar-refractivity contribution in [2.24, 2.45) is 7.05 Å². The lowest BCUT2D eigenvalue weighted by molar-refractivity contribution is 0.955. The molecule has 6 aromatic rings. The van der Waals surface area contributed by atoms with E-state index < -0.39 is 0 Å². The number of benzene rings is 2. The summed E-state index contributed by atoms with van der Waals surface area (Å²) in [7, 11) is 2.07. The van der Waals surface area contributed by atoms with Crippen LogP contribution in [-0.4, -0.2) is 31.0 Å². The number of aromatic nitrogens is 5. The molecule has 6 heteroatoms. The van der Waals surface area contributed by atoms with E-state index in [0.29, 0.717) is 5.82 Å². The van der Waals surface area contributed by atoms with Gasteiger partial charge in [0.15, 0.2) is 5.82 Å². The van der Waals surface area contributed by atoms with Gasteiger partial charge in [0.2, 0.25) is 0 Å². The summed E-state index contributed by atoms with van der Waals surface area (Å²) in [6, 6.07) is 25.0. The molecule has 170 valence electrons. The summed E-state index contributed by atoms with van der Waals surface area (Å²) in [5.41, 5.74) is 6.35. The third-order valence-corrected chi connectivity index (χ3v) is 6.23. The lowest BCUT2D eigenvalue weighted by Crippen LogP contribution is -2.09. The van der Waals surface area contributed by atoms with Crippen LogP contribution in [0.15, 0.2) is 97.6 Å². The number of nitrogens with one attached hydrogen (secondary N) is 1. The molecule has 0 saturated carbocycles. The van der Waals surface area contributed by atoms with Gasteiger partial charge in [0.25, 0.3) is 0 Å². The van der Waals surface area contributed by atoms with E-state index in [2.05, 4.69) is 75.6 Å². The Labute approximate surface area is 203 Å². The Morgan fingerprint density at radius 1 is 0.829 bits per heavy atom. The molecule has 0 spiro atoms. The fourth-order valence-electron chi connectivity index (χ4n) is 4.38. The van der Waals surface area contributed by atoms with Gasteiger partial charge in [0, 0.05) is 72.3 Å². The first-order valence-corrected chi connectivity index (χ1v) is 11.7. The molecule has 0 aliphatic rings. The lowest BCUT2D eigenvalue weighted by Gasteiger charge is -2.12. The van der Waals surface area contributed by atoms with Gasteiger partial charge in [-0.1, -0.05) is 18.2 Å². The first-order valence-electron chi connectivity index (χ1n) is 11.7. The lowest BCUT2D eigenvalue weighted by atomic mass is 10.0. The first-order chi connectivity index (χ1) is 17.2. The van der Waals surface area contributed by atoms with Crippen LogP contribution in [-0.2, 0) is 13.5 Å². The van der Waals surface area contributed by atoms with Crippen molar-refractivity contribution in [1.29, 1.82) is 0 Å². The van der Waals surface area contributed by atoms with Crippen molar-refractivity contribution in [3.63, 3.8) is 0 Å². The molecule has 0 fully saturated rings. The summed E-state index contributed by atoms with van der Waals surface area (Å²) in [4.78, 5) is 18.4. The predicted molar refractivity (Wildman–Crippen MR) is 141 cm³/mol. The average molecular weight is 457 g/mol. The molecule has 2 aromatic carbocycles. The Kier molecular flexibility index (Phi) is 5.39. The van der Waals surface area contributed by atoms with Gasteiger partial charge in [-0.25, -0.2) is 9.97 Å². The summed E-state index contributed by atoms with van der Waals surface area (Å²) >= 11 is 0. The summed E-state index contributed by atoms with van der Waals surface area (Å²) in [6.45, 7) is 0.718. The fourth-order valence-corrected chi connectivity index (χ4v) is 4.38. The molecule has 4 aromatic heterocycles. The van der Waals surface area contributed by atoms with Crippen molar-refractivity contribution < 1.29 is 0 Å². The molecule has 0 saturated heterocycles. The van der Waals surface area contributed by atoms with Crippen molar-refractivity contribution in [2.45, 2.75) is 6.42 Å². The van der Waals surface area contributed by atoms with Gasteiger partial charge in [0.05, 0.1) is 5.52 Å². The van der Waals surface area contributed by atoms with Crippen LogP contribution >= 0.6 is 0 Å².